The highest BCUT2D eigenvalue weighted by atomic mass is 19.4. The minimum Gasteiger partial charge on any atom is -0.489 e. The number of para-hydroxylation sites is 1. The minimum absolute atomic E-state index is 0.109. The number of aromatic nitrogens is 1. The lowest BCUT2D eigenvalue weighted by Crippen LogP contribution is -2.40. The second-order valence-corrected chi connectivity index (χ2v) is 11.4. The number of benzene rings is 4. The van der Waals surface area contributed by atoms with Gasteiger partial charge < -0.3 is 14.7 Å². The maximum absolute atomic E-state index is 13.9. The zero-order valence-electron chi connectivity index (χ0n) is 24.8. The molecule has 46 heavy (non-hydrogen) atoms. The third-order valence-electron chi connectivity index (χ3n) is 8.35. The van der Waals surface area contributed by atoms with Gasteiger partial charge in [0.15, 0.2) is 0 Å². The second kappa shape index (κ2) is 13.0. The van der Waals surface area contributed by atoms with Crippen molar-refractivity contribution in [1.82, 2.24) is 9.88 Å². The number of halogens is 3. The Morgan fingerprint density at radius 2 is 1.59 bits per heavy atom. The molecular formula is C37H31F3N2O4. The molecule has 1 aliphatic heterocycles. The van der Waals surface area contributed by atoms with E-state index >= 15 is 0 Å². The molecule has 234 valence electrons. The van der Waals surface area contributed by atoms with E-state index < -0.39 is 23.6 Å². The van der Waals surface area contributed by atoms with E-state index in [1.807, 2.05) is 48.5 Å². The summed E-state index contributed by atoms with van der Waals surface area (Å²) in [5.74, 6) is -0.884. The third-order valence-corrected chi connectivity index (χ3v) is 8.35. The van der Waals surface area contributed by atoms with Crippen molar-refractivity contribution in [1.29, 1.82) is 0 Å². The van der Waals surface area contributed by atoms with Gasteiger partial charge in [0.2, 0.25) is 0 Å². The molecule has 0 atom stereocenters. The van der Waals surface area contributed by atoms with Gasteiger partial charge in [0.25, 0.3) is 5.91 Å². The predicted octanol–water partition coefficient (Wildman–Crippen LogP) is 8.03. The molecule has 1 saturated heterocycles. The van der Waals surface area contributed by atoms with Crippen LogP contribution in [0.3, 0.4) is 0 Å². The number of amides is 1. The average Bonchev–Trinajstić information content (AvgIpc) is 3.07. The molecule has 1 aromatic heterocycles. The fraction of sp³-hybridized carbons (Fsp3) is 0.216. The quantitative estimate of drug-likeness (QED) is 0.189. The molecule has 2 heterocycles. The number of aliphatic carboxylic acids is 1. The van der Waals surface area contributed by atoms with Gasteiger partial charge in [-0.3, -0.25) is 14.6 Å². The van der Waals surface area contributed by atoms with E-state index in [-0.39, 0.29) is 18.0 Å². The Bertz CT molecular complexity index is 1880. The summed E-state index contributed by atoms with van der Waals surface area (Å²) in [5, 5.41) is 9.65. The van der Waals surface area contributed by atoms with Crippen molar-refractivity contribution in [3.8, 4) is 16.9 Å². The number of carboxylic acid groups (broad SMARTS) is 1. The van der Waals surface area contributed by atoms with Gasteiger partial charge >= 0.3 is 12.1 Å². The van der Waals surface area contributed by atoms with Crippen LogP contribution >= 0.6 is 0 Å². The SMILES string of the molecule is O=C(O)C1CCN(C(=O)c2cccc(COc3cccc(-c4c(Cc5ccccc5)cnc5c(C(F)(F)F)cccc45)c3)c2)CC1. The number of rotatable bonds is 8. The maximum atomic E-state index is 13.9. The predicted molar refractivity (Wildman–Crippen MR) is 168 cm³/mol. The Morgan fingerprint density at radius 1 is 0.870 bits per heavy atom. The van der Waals surface area contributed by atoms with Gasteiger partial charge in [-0.2, -0.15) is 13.2 Å². The molecule has 1 aliphatic rings. The van der Waals surface area contributed by atoms with Gasteiger partial charge in [0, 0.05) is 30.2 Å². The Morgan fingerprint density at radius 3 is 2.33 bits per heavy atom. The molecule has 4 aromatic carbocycles. The summed E-state index contributed by atoms with van der Waals surface area (Å²) in [4.78, 5) is 30.4. The third kappa shape index (κ3) is 6.73. The van der Waals surface area contributed by atoms with Crippen LogP contribution in [0.5, 0.6) is 5.75 Å². The van der Waals surface area contributed by atoms with Crippen LogP contribution in [0.4, 0.5) is 13.2 Å². The first-order chi connectivity index (χ1) is 22.2. The fourth-order valence-corrected chi connectivity index (χ4v) is 6.00. The highest BCUT2D eigenvalue weighted by Crippen LogP contribution is 2.39. The standard InChI is InChI=1S/C37H31F3N2O4/c38-37(39,40)32-14-6-13-31-33(29(22-41-34(31)32)19-24-7-2-1-3-8-24)27-10-5-12-30(21-27)46-23-25-9-4-11-28(20-25)35(43)42-17-15-26(16-18-42)36(44)45/h1-14,20-22,26H,15-19,23H2,(H,44,45). The summed E-state index contributed by atoms with van der Waals surface area (Å²) in [5.41, 5.74) is 3.52. The van der Waals surface area contributed by atoms with E-state index in [0.717, 1.165) is 22.8 Å². The number of carbonyl (C=O) groups is 2. The van der Waals surface area contributed by atoms with Crippen molar-refractivity contribution >= 4 is 22.8 Å². The van der Waals surface area contributed by atoms with Crippen LogP contribution in [-0.4, -0.2) is 40.0 Å². The number of likely N-dealkylation sites (tertiary alicyclic amines) is 1. The van der Waals surface area contributed by atoms with Crippen molar-refractivity contribution in [2.45, 2.75) is 32.0 Å². The van der Waals surface area contributed by atoms with Crippen LogP contribution in [0.2, 0.25) is 0 Å². The number of ether oxygens (including phenoxy) is 1. The lowest BCUT2D eigenvalue weighted by atomic mass is 9.92. The molecular weight excluding hydrogens is 593 g/mol. The van der Waals surface area contributed by atoms with Gasteiger partial charge in [-0.15, -0.1) is 0 Å². The van der Waals surface area contributed by atoms with Crippen molar-refractivity contribution < 1.29 is 32.6 Å². The normalized spacial score (nSPS) is 13.9. The second-order valence-electron chi connectivity index (χ2n) is 11.4. The summed E-state index contributed by atoms with van der Waals surface area (Å²) >= 11 is 0. The molecule has 1 fully saturated rings. The highest BCUT2D eigenvalue weighted by molar-refractivity contribution is 5.98. The van der Waals surface area contributed by atoms with Crippen molar-refractivity contribution in [2.75, 3.05) is 13.1 Å². The number of alkyl halides is 3. The number of carboxylic acids is 1. The summed E-state index contributed by atoms with van der Waals surface area (Å²) in [7, 11) is 0. The molecule has 1 amide bonds. The van der Waals surface area contributed by atoms with Gasteiger partial charge in [-0.05, 0) is 77.4 Å². The summed E-state index contributed by atoms with van der Waals surface area (Å²) < 4.78 is 48.0. The first kappa shape index (κ1) is 30.8. The number of pyridine rings is 1. The topological polar surface area (TPSA) is 79.7 Å². The highest BCUT2D eigenvalue weighted by Gasteiger charge is 2.34. The van der Waals surface area contributed by atoms with E-state index in [2.05, 4.69) is 4.98 Å². The van der Waals surface area contributed by atoms with Crippen LogP contribution in [0.1, 0.15) is 45.5 Å². The average molecular weight is 625 g/mol. The van der Waals surface area contributed by atoms with Crippen LogP contribution in [0.15, 0.2) is 103 Å². The molecule has 9 heteroatoms. The molecule has 0 radical (unpaired) electrons. The van der Waals surface area contributed by atoms with E-state index in [1.165, 1.54) is 12.3 Å². The number of nitrogens with zero attached hydrogens (tertiary/aromatic N) is 2. The summed E-state index contributed by atoms with van der Waals surface area (Å²) in [6, 6.07) is 28.2. The van der Waals surface area contributed by atoms with Crippen molar-refractivity contribution in [3.63, 3.8) is 0 Å². The maximum Gasteiger partial charge on any atom is 0.418 e. The van der Waals surface area contributed by atoms with Gasteiger partial charge in [0.1, 0.15) is 12.4 Å². The van der Waals surface area contributed by atoms with Crippen LogP contribution in [0.25, 0.3) is 22.0 Å². The van der Waals surface area contributed by atoms with E-state index in [1.54, 1.807) is 41.3 Å². The molecule has 5 aromatic rings. The molecule has 0 bridgehead atoms. The van der Waals surface area contributed by atoms with Crippen LogP contribution in [0, 0.1) is 5.92 Å². The largest absolute Gasteiger partial charge is 0.489 e. The smallest absolute Gasteiger partial charge is 0.418 e. The van der Waals surface area contributed by atoms with Crippen molar-refractivity contribution in [3.05, 3.63) is 131 Å². The summed E-state index contributed by atoms with van der Waals surface area (Å²) in [6.07, 6.45) is -1.69. The van der Waals surface area contributed by atoms with Crippen LogP contribution < -0.4 is 4.74 Å². The monoisotopic (exact) mass is 624 g/mol. The Balaban J connectivity index is 1.27. The van der Waals surface area contributed by atoms with Crippen molar-refractivity contribution in [2.24, 2.45) is 5.92 Å². The molecule has 0 aliphatic carbocycles. The number of carbonyl (C=O) groups excluding carboxylic acids is 1. The lowest BCUT2D eigenvalue weighted by molar-refractivity contribution is -0.143. The Hall–Kier alpha value is -5.18. The van der Waals surface area contributed by atoms with Gasteiger partial charge in [0.05, 0.1) is 17.0 Å². The Labute approximate surface area is 264 Å². The Kier molecular flexibility index (Phi) is 8.74. The van der Waals surface area contributed by atoms with E-state index in [0.29, 0.717) is 60.2 Å². The number of hydrogen-bond donors (Lipinski definition) is 1. The van der Waals surface area contributed by atoms with E-state index in [9.17, 15) is 27.9 Å². The zero-order chi connectivity index (χ0) is 32.3. The first-order valence-corrected chi connectivity index (χ1v) is 15.0. The van der Waals surface area contributed by atoms with Crippen LogP contribution in [-0.2, 0) is 24.0 Å². The zero-order valence-corrected chi connectivity index (χ0v) is 24.8. The minimum atomic E-state index is -4.56. The number of fused-ring (bicyclic) bond motifs is 1. The molecule has 0 unspecified atom stereocenters. The summed E-state index contributed by atoms with van der Waals surface area (Å²) in [6.45, 7) is 0.950. The molecule has 1 N–H and O–H groups in total. The lowest BCUT2D eigenvalue weighted by Gasteiger charge is -2.30. The van der Waals surface area contributed by atoms with Gasteiger partial charge in [-0.1, -0.05) is 66.7 Å². The van der Waals surface area contributed by atoms with E-state index in [4.69, 9.17) is 4.74 Å². The van der Waals surface area contributed by atoms with Gasteiger partial charge in [-0.25, -0.2) is 0 Å². The number of hydrogen-bond acceptors (Lipinski definition) is 4. The molecule has 0 spiro atoms. The fourth-order valence-electron chi connectivity index (χ4n) is 6.00. The molecule has 6 nitrogen and oxygen atoms in total. The molecule has 0 saturated carbocycles. The first-order valence-electron chi connectivity index (χ1n) is 15.0. The molecule has 6 rings (SSSR count). The number of piperidine rings is 1.